The van der Waals surface area contributed by atoms with Gasteiger partial charge < -0.3 is 40.3 Å². The second kappa shape index (κ2) is 47.5. The number of hydrogen-bond acceptors (Lipinski definition) is 8. The van der Waals surface area contributed by atoms with Crippen LogP contribution in [-0.4, -0.2) is 87.5 Å². The second-order valence-electron chi connectivity index (χ2n) is 18.3. The number of carbonyl (C=O) groups excluding carboxylic acids is 1. The minimum atomic E-state index is -1.58. The summed E-state index contributed by atoms with van der Waals surface area (Å²) < 4.78 is 11.2. The van der Waals surface area contributed by atoms with Gasteiger partial charge in [-0.1, -0.05) is 207 Å². The van der Waals surface area contributed by atoms with Crippen LogP contribution in [0.3, 0.4) is 0 Å². The normalized spacial score (nSPS) is 20.5. The lowest BCUT2D eigenvalue weighted by Gasteiger charge is -2.40. The maximum absolute atomic E-state index is 13.0. The van der Waals surface area contributed by atoms with E-state index in [0.29, 0.717) is 6.42 Å². The zero-order valence-electron chi connectivity index (χ0n) is 42.8. The van der Waals surface area contributed by atoms with Crippen LogP contribution in [-0.2, 0) is 14.3 Å². The van der Waals surface area contributed by atoms with Crippen molar-refractivity contribution in [3.05, 3.63) is 109 Å². The molecular weight excluding hydrogens is 851 g/mol. The number of aliphatic hydroxyl groups is 5. The van der Waals surface area contributed by atoms with Gasteiger partial charge in [-0.05, 0) is 96.3 Å². The first-order valence-corrected chi connectivity index (χ1v) is 27.1. The van der Waals surface area contributed by atoms with E-state index in [0.717, 1.165) is 96.3 Å². The van der Waals surface area contributed by atoms with Crippen LogP contribution in [0.4, 0.5) is 0 Å². The molecular formula is C59H99NO8. The fraction of sp³-hybridized carbons (Fsp3) is 0.678. The first kappa shape index (κ1) is 62.9. The van der Waals surface area contributed by atoms with Crippen molar-refractivity contribution >= 4 is 5.91 Å². The Balaban J connectivity index is 2.22. The zero-order chi connectivity index (χ0) is 49.4. The summed E-state index contributed by atoms with van der Waals surface area (Å²) in [6.45, 7) is 3.60. The first-order valence-electron chi connectivity index (χ1n) is 27.1. The van der Waals surface area contributed by atoms with Gasteiger partial charge in [-0.15, -0.1) is 0 Å². The van der Waals surface area contributed by atoms with Crippen molar-refractivity contribution in [1.29, 1.82) is 0 Å². The second-order valence-corrected chi connectivity index (χ2v) is 18.3. The van der Waals surface area contributed by atoms with Crippen LogP contribution < -0.4 is 5.32 Å². The number of hydrogen-bond donors (Lipinski definition) is 6. The zero-order valence-corrected chi connectivity index (χ0v) is 42.8. The molecule has 68 heavy (non-hydrogen) atoms. The number of amides is 1. The predicted octanol–water partition coefficient (Wildman–Crippen LogP) is 13.0. The third-order valence-electron chi connectivity index (χ3n) is 12.1. The summed E-state index contributed by atoms with van der Waals surface area (Å²) in [5, 5.41) is 54.3. The molecule has 9 heteroatoms. The molecule has 0 radical (unpaired) electrons. The number of unbranched alkanes of at least 4 members (excludes halogenated alkanes) is 18. The van der Waals surface area contributed by atoms with Crippen molar-refractivity contribution < 1.29 is 39.8 Å². The molecule has 1 amide bonds. The van der Waals surface area contributed by atoms with Gasteiger partial charge in [0.05, 0.1) is 25.4 Å². The highest BCUT2D eigenvalue weighted by Gasteiger charge is 2.44. The maximum atomic E-state index is 13.0. The summed E-state index contributed by atoms with van der Waals surface area (Å²) in [5.41, 5.74) is 0. The summed E-state index contributed by atoms with van der Waals surface area (Å²) >= 11 is 0. The molecule has 0 spiro atoms. The Morgan fingerprint density at radius 3 is 1.41 bits per heavy atom. The number of ether oxygens (including phenoxy) is 2. The van der Waals surface area contributed by atoms with E-state index in [2.05, 4.69) is 116 Å². The van der Waals surface area contributed by atoms with E-state index >= 15 is 0 Å². The highest BCUT2D eigenvalue weighted by Crippen LogP contribution is 2.22. The number of rotatable bonds is 44. The molecule has 0 aromatic carbocycles. The summed E-state index contributed by atoms with van der Waals surface area (Å²) in [5.74, 6) is -0.199. The molecule has 0 saturated carbocycles. The highest BCUT2D eigenvalue weighted by molar-refractivity contribution is 5.76. The van der Waals surface area contributed by atoms with E-state index in [4.69, 9.17) is 9.47 Å². The summed E-state index contributed by atoms with van der Waals surface area (Å²) in [7, 11) is 0. The summed E-state index contributed by atoms with van der Waals surface area (Å²) in [4.78, 5) is 13.0. The Morgan fingerprint density at radius 2 is 0.926 bits per heavy atom. The largest absolute Gasteiger partial charge is 0.394 e. The predicted molar refractivity (Wildman–Crippen MR) is 285 cm³/mol. The van der Waals surface area contributed by atoms with Crippen molar-refractivity contribution in [2.75, 3.05) is 13.2 Å². The van der Waals surface area contributed by atoms with Crippen LogP contribution in [0.1, 0.15) is 200 Å². The van der Waals surface area contributed by atoms with E-state index in [1.807, 2.05) is 6.08 Å². The molecule has 9 nitrogen and oxygen atoms in total. The standard InChI is InChI=1S/C59H99NO8/c1-3-5-7-9-11-13-15-17-19-20-21-22-23-24-25-26-27-28-29-30-31-32-33-34-35-37-39-41-43-45-47-49-55(63)60-52(51-67-59-58(66)57(65)56(64)54(50-61)68-59)53(62)48-46-44-42-40-38-36-18-16-14-12-10-8-6-4-2/h5,7,11,13-14,16-17,19,21-22,24-25,27-28,38,40,46,48,52-54,56-59,61-62,64-66H,3-4,6,8-10,12,15,18,20,23,26,29-37,39,41-45,47,49-51H2,1-2H3,(H,60,63)/b7-5-,13-11-,16-14+,19-17-,22-21-,25-24-,28-27-,40-38+,48-46+. The average molecular weight is 950 g/mol. The molecule has 0 aromatic rings. The number of carbonyl (C=O) groups is 1. The van der Waals surface area contributed by atoms with E-state index in [9.17, 15) is 30.3 Å². The van der Waals surface area contributed by atoms with E-state index < -0.39 is 49.5 Å². The molecule has 0 bridgehead atoms. The van der Waals surface area contributed by atoms with E-state index in [-0.39, 0.29) is 12.5 Å². The Labute approximate surface area is 415 Å². The molecule has 1 saturated heterocycles. The lowest BCUT2D eigenvalue weighted by molar-refractivity contribution is -0.302. The van der Waals surface area contributed by atoms with Crippen LogP contribution in [0.2, 0.25) is 0 Å². The number of allylic oxidation sites excluding steroid dienone is 17. The fourth-order valence-electron chi connectivity index (χ4n) is 7.78. The van der Waals surface area contributed by atoms with Gasteiger partial charge in [0.15, 0.2) is 6.29 Å². The fourth-order valence-corrected chi connectivity index (χ4v) is 7.78. The van der Waals surface area contributed by atoms with Gasteiger partial charge in [-0.3, -0.25) is 4.79 Å². The van der Waals surface area contributed by atoms with Gasteiger partial charge >= 0.3 is 0 Å². The summed E-state index contributed by atoms with van der Waals surface area (Å²) in [6, 6.07) is -0.835. The number of aliphatic hydroxyl groups excluding tert-OH is 5. The third kappa shape index (κ3) is 36.8. The van der Waals surface area contributed by atoms with Gasteiger partial charge in [-0.2, -0.15) is 0 Å². The quantitative estimate of drug-likeness (QED) is 0.0261. The molecule has 1 aliphatic heterocycles. The maximum Gasteiger partial charge on any atom is 0.220 e. The van der Waals surface area contributed by atoms with Gasteiger partial charge in [-0.25, -0.2) is 0 Å². The third-order valence-corrected chi connectivity index (χ3v) is 12.1. The molecule has 0 aromatic heterocycles. The van der Waals surface area contributed by atoms with Crippen molar-refractivity contribution in [3.63, 3.8) is 0 Å². The Hall–Kier alpha value is -3.15. The smallest absolute Gasteiger partial charge is 0.220 e. The highest BCUT2D eigenvalue weighted by atomic mass is 16.7. The van der Waals surface area contributed by atoms with Crippen LogP contribution in [0, 0.1) is 0 Å². The van der Waals surface area contributed by atoms with Crippen LogP contribution >= 0.6 is 0 Å². The van der Waals surface area contributed by atoms with Gasteiger partial charge in [0.25, 0.3) is 0 Å². The van der Waals surface area contributed by atoms with Crippen LogP contribution in [0.5, 0.6) is 0 Å². The molecule has 1 heterocycles. The Bertz CT molecular complexity index is 1430. The Morgan fingerprint density at radius 1 is 0.515 bits per heavy atom. The first-order chi connectivity index (χ1) is 33.3. The lowest BCUT2D eigenvalue weighted by Crippen LogP contribution is -2.60. The Kier molecular flexibility index (Phi) is 43.9. The topological polar surface area (TPSA) is 149 Å². The van der Waals surface area contributed by atoms with Crippen molar-refractivity contribution in [1.82, 2.24) is 5.32 Å². The van der Waals surface area contributed by atoms with Crippen molar-refractivity contribution in [3.8, 4) is 0 Å². The number of nitrogens with one attached hydrogen (secondary N) is 1. The van der Waals surface area contributed by atoms with E-state index in [1.54, 1.807) is 6.08 Å². The van der Waals surface area contributed by atoms with Crippen LogP contribution in [0.15, 0.2) is 109 Å². The monoisotopic (exact) mass is 950 g/mol. The van der Waals surface area contributed by atoms with Gasteiger partial charge in [0.1, 0.15) is 24.4 Å². The molecule has 6 N–H and O–H groups in total. The van der Waals surface area contributed by atoms with Crippen molar-refractivity contribution in [2.24, 2.45) is 0 Å². The molecule has 7 atom stereocenters. The molecule has 7 unspecified atom stereocenters. The molecule has 388 valence electrons. The molecule has 1 rings (SSSR count). The minimum Gasteiger partial charge on any atom is -0.394 e. The SMILES string of the molecule is CC/C=C\C/C=C\C/C=C\C/C=C\C/C=C\C/C=C\CCCCCCCCCCCCCCC(=O)NC(COC1OC(CO)C(O)C(O)C1O)C(O)/C=C/CC/C=C/CC/C=C/CCCCCC. The van der Waals surface area contributed by atoms with Gasteiger partial charge in [0.2, 0.25) is 5.91 Å². The van der Waals surface area contributed by atoms with Gasteiger partial charge in [0, 0.05) is 6.42 Å². The summed E-state index contributed by atoms with van der Waals surface area (Å²) in [6.07, 6.45) is 62.9. The minimum absolute atomic E-state index is 0.199. The van der Waals surface area contributed by atoms with Crippen molar-refractivity contribution in [2.45, 2.75) is 243 Å². The molecule has 0 aliphatic carbocycles. The lowest BCUT2D eigenvalue weighted by atomic mass is 9.99. The molecule has 1 fully saturated rings. The average Bonchev–Trinajstić information content (AvgIpc) is 3.34. The van der Waals surface area contributed by atoms with Crippen LogP contribution in [0.25, 0.3) is 0 Å². The van der Waals surface area contributed by atoms with E-state index in [1.165, 1.54) is 83.5 Å². The molecule has 1 aliphatic rings.